The summed E-state index contributed by atoms with van der Waals surface area (Å²) in [5.41, 5.74) is -0.0848. The first-order valence-electron chi connectivity index (χ1n) is 4.80. The summed E-state index contributed by atoms with van der Waals surface area (Å²) in [4.78, 5) is 27.7. The molecule has 0 radical (unpaired) electrons. The number of halogens is 1. The number of imidazole rings is 1. The van der Waals surface area contributed by atoms with Crippen molar-refractivity contribution in [1.29, 1.82) is 0 Å². The average Bonchev–Trinajstić information content (AvgIpc) is 2.53. The second kappa shape index (κ2) is 3.48. The molecule has 86 valence electrons. The molecular weight excluding hydrogens is 232 g/mol. The van der Waals surface area contributed by atoms with Gasteiger partial charge in [-0.3, -0.25) is 13.9 Å². The van der Waals surface area contributed by atoms with Crippen LogP contribution in [-0.4, -0.2) is 18.7 Å². The molecule has 0 aliphatic rings. The van der Waals surface area contributed by atoms with Crippen LogP contribution in [0.25, 0.3) is 11.2 Å². The molecule has 0 bridgehead atoms. The molecule has 6 nitrogen and oxygen atoms in total. The molecule has 0 unspecified atom stereocenters. The Balaban J connectivity index is 3.17. The number of hydrogen-bond donors (Lipinski definition) is 0. The zero-order valence-electron chi connectivity index (χ0n) is 9.19. The van der Waals surface area contributed by atoms with Gasteiger partial charge in [0.2, 0.25) is 5.28 Å². The zero-order chi connectivity index (χ0) is 12.0. The first-order valence-corrected chi connectivity index (χ1v) is 5.18. The molecule has 0 N–H and O–H groups in total. The zero-order valence-corrected chi connectivity index (χ0v) is 9.95. The van der Waals surface area contributed by atoms with E-state index < -0.39 is 0 Å². The van der Waals surface area contributed by atoms with Gasteiger partial charge in [-0.15, -0.1) is 0 Å². The molecule has 16 heavy (non-hydrogen) atoms. The van der Waals surface area contributed by atoms with Crippen LogP contribution < -0.4 is 11.2 Å². The number of hydrogen-bond acceptors (Lipinski definition) is 3. The Bertz CT molecular complexity index is 679. The molecule has 0 saturated heterocycles. The van der Waals surface area contributed by atoms with Crippen molar-refractivity contribution in [3.05, 3.63) is 26.1 Å². The molecule has 2 aromatic rings. The quantitative estimate of drug-likeness (QED) is 0.667. The van der Waals surface area contributed by atoms with Crippen LogP contribution in [0.15, 0.2) is 9.59 Å². The normalized spacial score (nSPS) is 11.2. The highest BCUT2D eigenvalue weighted by molar-refractivity contribution is 6.29. The predicted molar refractivity (Wildman–Crippen MR) is 60.9 cm³/mol. The lowest BCUT2D eigenvalue weighted by Gasteiger charge is -2.05. The molecule has 2 aromatic heterocycles. The smallest absolute Gasteiger partial charge is 0.312 e. The van der Waals surface area contributed by atoms with Gasteiger partial charge in [-0.1, -0.05) is 0 Å². The number of aromatic nitrogens is 4. The monoisotopic (exact) mass is 242 g/mol. The number of rotatable bonds is 1. The van der Waals surface area contributed by atoms with Gasteiger partial charge in [-0.2, -0.15) is 4.98 Å². The Morgan fingerprint density at radius 2 is 1.88 bits per heavy atom. The fourth-order valence-corrected chi connectivity index (χ4v) is 1.85. The molecule has 2 heterocycles. The van der Waals surface area contributed by atoms with Gasteiger partial charge in [0, 0.05) is 20.6 Å². The Kier molecular flexibility index (Phi) is 2.38. The second-order valence-electron chi connectivity index (χ2n) is 3.50. The third-order valence-corrected chi connectivity index (χ3v) is 2.96. The van der Waals surface area contributed by atoms with E-state index in [1.807, 2.05) is 6.92 Å². The van der Waals surface area contributed by atoms with E-state index >= 15 is 0 Å². The van der Waals surface area contributed by atoms with Crippen molar-refractivity contribution >= 4 is 22.8 Å². The third-order valence-electron chi connectivity index (χ3n) is 2.62. The summed E-state index contributed by atoms with van der Waals surface area (Å²) in [5, 5.41) is 0.194. The van der Waals surface area contributed by atoms with Gasteiger partial charge >= 0.3 is 5.69 Å². The fourth-order valence-electron chi connectivity index (χ4n) is 1.69. The maximum Gasteiger partial charge on any atom is 0.332 e. The highest BCUT2D eigenvalue weighted by Crippen LogP contribution is 2.13. The van der Waals surface area contributed by atoms with E-state index in [1.165, 1.54) is 16.2 Å². The van der Waals surface area contributed by atoms with Gasteiger partial charge in [-0.05, 0) is 18.5 Å². The van der Waals surface area contributed by atoms with Gasteiger partial charge in [-0.25, -0.2) is 4.79 Å². The molecule has 0 aliphatic carbocycles. The molecule has 0 atom stereocenters. The van der Waals surface area contributed by atoms with Crippen LogP contribution in [0.1, 0.15) is 6.92 Å². The van der Waals surface area contributed by atoms with Gasteiger partial charge in [0.1, 0.15) is 0 Å². The van der Waals surface area contributed by atoms with E-state index in [1.54, 1.807) is 7.05 Å². The Labute approximate surface area is 95.7 Å². The molecule has 0 saturated carbocycles. The van der Waals surface area contributed by atoms with E-state index in [9.17, 15) is 9.59 Å². The summed E-state index contributed by atoms with van der Waals surface area (Å²) < 4.78 is 3.96. The lowest BCUT2D eigenvalue weighted by Crippen LogP contribution is -2.38. The Morgan fingerprint density at radius 3 is 2.44 bits per heavy atom. The van der Waals surface area contributed by atoms with Crippen LogP contribution in [0, 0.1) is 0 Å². The van der Waals surface area contributed by atoms with Crippen LogP contribution >= 0.6 is 11.6 Å². The molecule has 0 spiro atoms. The standard InChI is InChI=1S/C9H11ClN4O2/c1-4-14-6-5(12(2)8(10)11-6)7(15)13(3)9(14)16/h4H2,1-3H3. The molecule has 0 aromatic carbocycles. The first kappa shape index (κ1) is 10.9. The van der Waals surface area contributed by atoms with E-state index in [0.717, 1.165) is 4.57 Å². The summed E-state index contributed by atoms with van der Waals surface area (Å²) in [5.74, 6) is 0. The summed E-state index contributed by atoms with van der Waals surface area (Å²) in [6, 6.07) is 0. The van der Waals surface area contributed by atoms with E-state index in [4.69, 9.17) is 11.6 Å². The van der Waals surface area contributed by atoms with Crippen LogP contribution in [0.5, 0.6) is 0 Å². The van der Waals surface area contributed by atoms with Gasteiger partial charge in [0.05, 0.1) is 0 Å². The summed E-state index contributed by atoms with van der Waals surface area (Å²) in [6.45, 7) is 2.25. The average molecular weight is 243 g/mol. The van der Waals surface area contributed by atoms with Crippen molar-refractivity contribution in [3.63, 3.8) is 0 Å². The maximum atomic E-state index is 11.9. The molecule has 7 heteroatoms. The lowest BCUT2D eigenvalue weighted by molar-refractivity contribution is 0.651. The fraction of sp³-hybridized carbons (Fsp3) is 0.444. The minimum atomic E-state index is -0.383. The lowest BCUT2D eigenvalue weighted by atomic mass is 10.5. The van der Waals surface area contributed by atoms with Crippen molar-refractivity contribution in [2.24, 2.45) is 14.1 Å². The third kappa shape index (κ3) is 1.23. The van der Waals surface area contributed by atoms with Crippen molar-refractivity contribution in [2.45, 2.75) is 13.5 Å². The van der Waals surface area contributed by atoms with Crippen molar-refractivity contribution < 1.29 is 0 Å². The van der Waals surface area contributed by atoms with Crippen molar-refractivity contribution in [1.82, 2.24) is 18.7 Å². The Morgan fingerprint density at radius 1 is 1.25 bits per heavy atom. The maximum absolute atomic E-state index is 11.9. The summed E-state index contributed by atoms with van der Waals surface area (Å²) in [6.07, 6.45) is 0. The van der Waals surface area contributed by atoms with Crippen LogP contribution in [-0.2, 0) is 20.6 Å². The minimum absolute atomic E-state index is 0.194. The van der Waals surface area contributed by atoms with Crippen LogP contribution in [0.2, 0.25) is 5.28 Å². The van der Waals surface area contributed by atoms with Crippen molar-refractivity contribution in [3.8, 4) is 0 Å². The first-order chi connectivity index (χ1) is 7.49. The Hall–Kier alpha value is -1.56. The second-order valence-corrected chi connectivity index (χ2v) is 3.84. The molecule has 0 fully saturated rings. The molecule has 0 amide bonds. The van der Waals surface area contributed by atoms with E-state index in [0.29, 0.717) is 17.7 Å². The molecule has 0 aliphatic heterocycles. The molecular formula is C9H11ClN4O2. The minimum Gasteiger partial charge on any atom is -0.312 e. The highest BCUT2D eigenvalue weighted by atomic mass is 35.5. The summed E-state index contributed by atoms with van der Waals surface area (Å²) in [7, 11) is 3.08. The van der Waals surface area contributed by atoms with Gasteiger partial charge < -0.3 is 4.57 Å². The van der Waals surface area contributed by atoms with Crippen LogP contribution in [0.4, 0.5) is 0 Å². The van der Waals surface area contributed by atoms with Crippen LogP contribution in [0.3, 0.4) is 0 Å². The SMILES string of the molecule is CCn1c(=O)n(C)c(=O)c2c1nc(Cl)n2C. The van der Waals surface area contributed by atoms with Gasteiger partial charge in [0.15, 0.2) is 11.2 Å². The number of aryl methyl sites for hydroxylation is 2. The van der Waals surface area contributed by atoms with Gasteiger partial charge in [0.25, 0.3) is 5.56 Å². The number of nitrogens with zero attached hydrogens (tertiary/aromatic N) is 4. The topological polar surface area (TPSA) is 61.8 Å². The van der Waals surface area contributed by atoms with Crippen molar-refractivity contribution in [2.75, 3.05) is 0 Å². The number of fused-ring (bicyclic) bond motifs is 1. The summed E-state index contributed by atoms with van der Waals surface area (Å²) >= 11 is 5.85. The largest absolute Gasteiger partial charge is 0.332 e. The van der Waals surface area contributed by atoms with E-state index in [-0.39, 0.29) is 16.5 Å². The van der Waals surface area contributed by atoms with E-state index in [2.05, 4.69) is 4.98 Å². The predicted octanol–water partition coefficient (Wildman–Crippen LogP) is 0.107. The molecule has 2 rings (SSSR count). The highest BCUT2D eigenvalue weighted by Gasteiger charge is 2.16.